The van der Waals surface area contributed by atoms with E-state index in [1.807, 2.05) is 0 Å². The zero-order valence-corrected chi connectivity index (χ0v) is 8.62. The lowest BCUT2D eigenvalue weighted by Crippen LogP contribution is -2.11. The first kappa shape index (κ1) is 10.4. The third kappa shape index (κ3) is 1.62. The highest BCUT2D eigenvalue weighted by molar-refractivity contribution is 5.85. The summed E-state index contributed by atoms with van der Waals surface area (Å²) in [5.41, 5.74) is 6.44. The van der Waals surface area contributed by atoms with Crippen LogP contribution in [0.5, 0.6) is 0 Å². The molecule has 2 atom stereocenters. The Morgan fingerprint density at radius 3 is 2.76 bits per heavy atom. The SMILES string of the molecule is Nc1n[nH]c2nc(C3CC3C(F)(F)F)ccc12. The van der Waals surface area contributed by atoms with Crippen LogP contribution in [-0.4, -0.2) is 21.4 Å². The molecule has 3 rings (SSSR count). The van der Waals surface area contributed by atoms with Gasteiger partial charge < -0.3 is 5.73 Å². The Morgan fingerprint density at radius 2 is 2.12 bits per heavy atom. The Hall–Kier alpha value is -1.79. The molecule has 0 aliphatic heterocycles. The molecule has 1 fully saturated rings. The second-order valence-corrected chi connectivity index (χ2v) is 4.23. The van der Waals surface area contributed by atoms with E-state index in [1.165, 1.54) is 0 Å². The van der Waals surface area contributed by atoms with E-state index in [-0.39, 0.29) is 6.42 Å². The molecule has 17 heavy (non-hydrogen) atoms. The summed E-state index contributed by atoms with van der Waals surface area (Å²) in [4.78, 5) is 4.12. The molecule has 1 aliphatic rings. The van der Waals surface area contributed by atoms with E-state index >= 15 is 0 Å². The molecule has 0 spiro atoms. The van der Waals surface area contributed by atoms with E-state index in [0.717, 1.165) is 0 Å². The Morgan fingerprint density at radius 1 is 1.35 bits per heavy atom. The van der Waals surface area contributed by atoms with Crippen LogP contribution in [0.1, 0.15) is 18.0 Å². The maximum Gasteiger partial charge on any atom is 0.392 e. The summed E-state index contributed by atoms with van der Waals surface area (Å²) in [7, 11) is 0. The van der Waals surface area contributed by atoms with Gasteiger partial charge in [0.2, 0.25) is 0 Å². The number of rotatable bonds is 1. The fourth-order valence-corrected chi connectivity index (χ4v) is 2.03. The Balaban J connectivity index is 1.93. The largest absolute Gasteiger partial charge is 0.392 e. The number of anilines is 1. The fraction of sp³-hybridized carbons (Fsp3) is 0.400. The Kier molecular flexibility index (Phi) is 1.90. The van der Waals surface area contributed by atoms with Crippen molar-refractivity contribution < 1.29 is 13.2 Å². The van der Waals surface area contributed by atoms with Gasteiger partial charge in [-0.2, -0.15) is 18.3 Å². The van der Waals surface area contributed by atoms with Crippen molar-refractivity contribution in [2.75, 3.05) is 5.73 Å². The van der Waals surface area contributed by atoms with Crippen molar-refractivity contribution in [1.29, 1.82) is 0 Å². The second-order valence-electron chi connectivity index (χ2n) is 4.23. The highest BCUT2D eigenvalue weighted by Gasteiger charge is 2.56. The summed E-state index contributed by atoms with van der Waals surface area (Å²) in [5.74, 6) is -1.47. The Bertz CT molecular complexity index is 574. The van der Waals surface area contributed by atoms with E-state index in [2.05, 4.69) is 15.2 Å². The molecule has 90 valence electrons. The molecule has 4 nitrogen and oxygen atoms in total. The van der Waals surface area contributed by atoms with E-state index in [9.17, 15) is 13.2 Å². The zero-order chi connectivity index (χ0) is 12.2. The predicted molar refractivity (Wildman–Crippen MR) is 55.2 cm³/mol. The molecule has 2 aromatic rings. The van der Waals surface area contributed by atoms with Gasteiger partial charge in [0, 0.05) is 11.6 Å². The van der Waals surface area contributed by atoms with Gasteiger partial charge in [-0.1, -0.05) is 0 Å². The minimum absolute atomic E-state index is 0.117. The smallest absolute Gasteiger partial charge is 0.382 e. The van der Waals surface area contributed by atoms with Crippen LogP contribution in [0.15, 0.2) is 12.1 Å². The number of hydrogen-bond donors (Lipinski definition) is 2. The average Bonchev–Trinajstić information content (AvgIpc) is 2.99. The number of aromatic nitrogens is 3. The van der Waals surface area contributed by atoms with Crippen LogP contribution in [0.4, 0.5) is 19.0 Å². The highest BCUT2D eigenvalue weighted by atomic mass is 19.4. The number of H-pyrrole nitrogens is 1. The van der Waals surface area contributed by atoms with E-state index in [0.29, 0.717) is 22.5 Å². The lowest BCUT2D eigenvalue weighted by Gasteiger charge is -2.04. The topological polar surface area (TPSA) is 67.6 Å². The molecule has 0 aromatic carbocycles. The molecular formula is C10H9F3N4. The second kappa shape index (κ2) is 3.12. The van der Waals surface area contributed by atoms with Gasteiger partial charge in [-0.3, -0.25) is 5.10 Å². The summed E-state index contributed by atoms with van der Waals surface area (Å²) in [6, 6.07) is 3.24. The van der Waals surface area contributed by atoms with Gasteiger partial charge in [0.15, 0.2) is 11.5 Å². The van der Waals surface area contributed by atoms with Crippen LogP contribution in [-0.2, 0) is 0 Å². The highest BCUT2D eigenvalue weighted by Crippen LogP contribution is 2.55. The van der Waals surface area contributed by atoms with Crippen LogP contribution in [0.3, 0.4) is 0 Å². The van der Waals surface area contributed by atoms with Crippen LogP contribution < -0.4 is 5.73 Å². The predicted octanol–water partition coefficient (Wildman–Crippen LogP) is 2.21. The number of halogens is 3. The van der Waals surface area contributed by atoms with Crippen molar-refractivity contribution in [3.8, 4) is 0 Å². The number of nitrogens with one attached hydrogen (secondary N) is 1. The molecule has 1 saturated carbocycles. The number of nitrogens with zero attached hydrogens (tertiary/aromatic N) is 2. The number of pyridine rings is 1. The molecular weight excluding hydrogens is 233 g/mol. The van der Waals surface area contributed by atoms with Gasteiger partial charge in [-0.25, -0.2) is 4.98 Å². The maximum absolute atomic E-state index is 12.4. The first-order chi connectivity index (χ1) is 7.97. The third-order valence-corrected chi connectivity index (χ3v) is 3.07. The number of alkyl halides is 3. The van der Waals surface area contributed by atoms with Crippen molar-refractivity contribution in [3.63, 3.8) is 0 Å². The fourth-order valence-electron chi connectivity index (χ4n) is 2.03. The van der Waals surface area contributed by atoms with Crippen LogP contribution >= 0.6 is 0 Å². The molecule has 2 unspecified atom stereocenters. The molecule has 2 aromatic heterocycles. The van der Waals surface area contributed by atoms with E-state index < -0.39 is 18.0 Å². The third-order valence-electron chi connectivity index (χ3n) is 3.07. The van der Waals surface area contributed by atoms with Crippen molar-refractivity contribution in [3.05, 3.63) is 17.8 Å². The van der Waals surface area contributed by atoms with Crippen LogP contribution in [0.25, 0.3) is 11.0 Å². The number of nitrogen functional groups attached to an aromatic ring is 1. The van der Waals surface area contributed by atoms with Gasteiger partial charge in [-0.05, 0) is 18.6 Å². The number of hydrogen-bond acceptors (Lipinski definition) is 3. The van der Waals surface area contributed by atoms with Gasteiger partial charge in [0.05, 0.1) is 11.3 Å². The Labute approximate surface area is 94.0 Å². The van der Waals surface area contributed by atoms with E-state index in [1.54, 1.807) is 12.1 Å². The summed E-state index contributed by atoms with van der Waals surface area (Å²) < 4.78 is 37.3. The molecule has 0 radical (unpaired) electrons. The average molecular weight is 242 g/mol. The van der Waals surface area contributed by atoms with E-state index in [4.69, 9.17) is 5.73 Å². The molecule has 0 amide bonds. The van der Waals surface area contributed by atoms with Crippen molar-refractivity contribution >= 4 is 16.9 Å². The molecule has 1 aliphatic carbocycles. The summed E-state index contributed by atoms with van der Waals surface area (Å²) in [6.07, 6.45) is -4.01. The summed E-state index contributed by atoms with van der Waals surface area (Å²) >= 11 is 0. The normalized spacial score (nSPS) is 24.2. The van der Waals surface area contributed by atoms with Crippen molar-refractivity contribution in [2.45, 2.75) is 18.5 Å². The number of nitrogens with two attached hydrogens (primary N) is 1. The monoisotopic (exact) mass is 242 g/mol. The first-order valence-corrected chi connectivity index (χ1v) is 5.14. The minimum Gasteiger partial charge on any atom is -0.382 e. The molecule has 7 heteroatoms. The molecule has 2 heterocycles. The molecule has 0 bridgehead atoms. The van der Waals surface area contributed by atoms with Crippen LogP contribution in [0, 0.1) is 5.92 Å². The van der Waals surface area contributed by atoms with Gasteiger partial charge in [-0.15, -0.1) is 0 Å². The van der Waals surface area contributed by atoms with Gasteiger partial charge in [0.1, 0.15) is 0 Å². The zero-order valence-electron chi connectivity index (χ0n) is 8.62. The number of fused-ring (bicyclic) bond motifs is 1. The summed E-state index contributed by atoms with van der Waals surface area (Å²) in [6.45, 7) is 0. The van der Waals surface area contributed by atoms with Gasteiger partial charge in [0.25, 0.3) is 0 Å². The first-order valence-electron chi connectivity index (χ1n) is 5.14. The molecule has 0 saturated heterocycles. The lowest BCUT2D eigenvalue weighted by atomic mass is 10.2. The summed E-state index contributed by atoms with van der Waals surface area (Å²) in [5, 5.41) is 6.99. The number of aromatic amines is 1. The lowest BCUT2D eigenvalue weighted by molar-refractivity contribution is -0.148. The molecule has 3 N–H and O–H groups in total. The van der Waals surface area contributed by atoms with Crippen LogP contribution in [0.2, 0.25) is 0 Å². The maximum atomic E-state index is 12.4. The standard InChI is InChI=1S/C10H9F3N4/c11-10(12,13)6-3-5(6)7-2-1-4-8(14)16-17-9(4)15-7/h1-2,5-6H,3H2,(H3,14,15,16,17). The van der Waals surface area contributed by atoms with Crippen molar-refractivity contribution in [1.82, 2.24) is 15.2 Å². The minimum atomic E-state index is -4.13. The van der Waals surface area contributed by atoms with Gasteiger partial charge >= 0.3 is 6.18 Å². The van der Waals surface area contributed by atoms with Crippen molar-refractivity contribution in [2.24, 2.45) is 5.92 Å². The quantitative estimate of drug-likeness (QED) is 0.805.